The Kier molecular flexibility index (Phi) is 6.65. The van der Waals surface area contributed by atoms with Gasteiger partial charge in [-0.1, -0.05) is 13.3 Å². The third-order valence-electron chi connectivity index (χ3n) is 2.63. The van der Waals surface area contributed by atoms with Crippen LogP contribution in [0.15, 0.2) is 6.33 Å². The minimum atomic E-state index is -0.476. The molecule has 1 heterocycles. The molecule has 0 saturated heterocycles. The Morgan fingerprint density at radius 1 is 1.45 bits per heavy atom. The lowest BCUT2D eigenvalue weighted by molar-refractivity contribution is -0.383. The van der Waals surface area contributed by atoms with Gasteiger partial charge in [0.15, 0.2) is 0 Å². The van der Waals surface area contributed by atoms with Crippen molar-refractivity contribution < 1.29 is 9.66 Å². The number of ether oxygens (including phenoxy) is 1. The summed E-state index contributed by atoms with van der Waals surface area (Å²) in [6, 6.07) is -0.0860. The van der Waals surface area contributed by atoms with E-state index in [-0.39, 0.29) is 23.4 Å². The normalized spacial score (nSPS) is 11.9. The first kappa shape index (κ1) is 16.1. The molecule has 0 aromatic carbocycles. The van der Waals surface area contributed by atoms with Gasteiger partial charge in [-0.25, -0.2) is 9.97 Å². The van der Waals surface area contributed by atoms with E-state index in [2.05, 4.69) is 27.5 Å². The molecule has 1 unspecified atom stereocenters. The van der Waals surface area contributed by atoms with Crippen LogP contribution >= 0.6 is 0 Å². The zero-order valence-electron chi connectivity index (χ0n) is 12.0. The lowest BCUT2D eigenvalue weighted by Gasteiger charge is -2.14. The van der Waals surface area contributed by atoms with E-state index in [1.54, 1.807) is 7.11 Å². The minimum absolute atomic E-state index is 0.0860. The quantitative estimate of drug-likeness (QED) is 0.406. The molecule has 0 aliphatic rings. The van der Waals surface area contributed by atoms with Crippen molar-refractivity contribution in [2.75, 3.05) is 30.9 Å². The summed E-state index contributed by atoms with van der Waals surface area (Å²) in [7, 11) is 1.57. The van der Waals surface area contributed by atoms with Crippen molar-refractivity contribution in [3.8, 4) is 0 Å². The van der Waals surface area contributed by atoms with Crippen molar-refractivity contribution in [2.45, 2.75) is 32.7 Å². The predicted molar refractivity (Wildman–Crippen MR) is 77.0 cm³/mol. The van der Waals surface area contributed by atoms with E-state index in [1.165, 1.54) is 6.33 Å². The molecule has 1 aromatic heterocycles. The average Bonchev–Trinajstić information content (AvgIpc) is 2.39. The summed E-state index contributed by atoms with van der Waals surface area (Å²) in [5.74, 6) is 0.444. The Bertz CT molecular complexity index is 441. The smallest absolute Gasteiger partial charge is 0.353 e. The number of nitrogens with one attached hydrogen (secondary N) is 2. The summed E-state index contributed by atoms with van der Waals surface area (Å²) in [6.45, 7) is 4.98. The predicted octanol–water partition coefficient (Wildman–Crippen LogP) is 2.04. The number of unbranched alkanes of at least 4 members (excludes halogenated alkanes) is 1. The van der Waals surface area contributed by atoms with Gasteiger partial charge in [0.2, 0.25) is 11.6 Å². The second kappa shape index (κ2) is 8.26. The molecule has 20 heavy (non-hydrogen) atoms. The number of hydrogen-bond acceptors (Lipinski definition) is 7. The fraction of sp³-hybridized carbons (Fsp3) is 0.667. The molecule has 0 radical (unpaired) electrons. The van der Waals surface area contributed by atoms with Crippen LogP contribution in [0, 0.1) is 10.1 Å². The van der Waals surface area contributed by atoms with Crippen LogP contribution in [0.4, 0.5) is 17.3 Å². The van der Waals surface area contributed by atoms with Crippen molar-refractivity contribution in [3.05, 3.63) is 16.4 Å². The van der Waals surface area contributed by atoms with Gasteiger partial charge in [-0.2, -0.15) is 0 Å². The van der Waals surface area contributed by atoms with Crippen LogP contribution in [-0.4, -0.2) is 41.2 Å². The first-order valence-electron chi connectivity index (χ1n) is 6.58. The minimum Gasteiger partial charge on any atom is -0.383 e. The molecule has 0 spiro atoms. The maximum Gasteiger partial charge on any atom is 0.353 e. The number of nitrogens with zero attached hydrogens (tertiary/aromatic N) is 3. The first-order chi connectivity index (χ1) is 9.60. The van der Waals surface area contributed by atoms with Crippen LogP contribution in [0.5, 0.6) is 0 Å². The molecule has 0 aliphatic carbocycles. The zero-order valence-corrected chi connectivity index (χ0v) is 12.0. The van der Waals surface area contributed by atoms with Crippen molar-refractivity contribution >= 4 is 17.3 Å². The van der Waals surface area contributed by atoms with E-state index in [9.17, 15) is 10.1 Å². The number of nitro groups is 1. The van der Waals surface area contributed by atoms with Gasteiger partial charge in [0.05, 0.1) is 11.5 Å². The van der Waals surface area contributed by atoms with Crippen molar-refractivity contribution in [2.24, 2.45) is 0 Å². The molecule has 1 aromatic rings. The molecule has 1 atom stereocenters. The standard InChI is InChI=1S/C12H21N5O3/c1-4-5-6-13-11-10(17(18)19)12(15-8-14-11)16-9(2)7-20-3/h8-9H,4-7H2,1-3H3,(H2,13,14,15,16). The Labute approximate surface area is 118 Å². The topological polar surface area (TPSA) is 102 Å². The Balaban J connectivity index is 2.93. The number of aromatic nitrogens is 2. The van der Waals surface area contributed by atoms with Crippen LogP contribution in [0.3, 0.4) is 0 Å². The molecule has 0 bridgehead atoms. The summed E-state index contributed by atoms with van der Waals surface area (Å²) in [6.07, 6.45) is 3.23. The largest absolute Gasteiger partial charge is 0.383 e. The number of hydrogen-bond donors (Lipinski definition) is 2. The third kappa shape index (κ3) is 4.61. The van der Waals surface area contributed by atoms with E-state index < -0.39 is 4.92 Å². The number of anilines is 2. The Morgan fingerprint density at radius 2 is 2.15 bits per heavy atom. The fourth-order valence-corrected chi connectivity index (χ4v) is 1.70. The molecule has 0 fully saturated rings. The van der Waals surface area contributed by atoms with Crippen molar-refractivity contribution in [3.63, 3.8) is 0 Å². The lowest BCUT2D eigenvalue weighted by atomic mass is 10.3. The van der Waals surface area contributed by atoms with E-state index in [1.807, 2.05) is 6.92 Å². The molecular formula is C12H21N5O3. The van der Waals surface area contributed by atoms with Gasteiger partial charge in [-0.15, -0.1) is 0 Å². The third-order valence-corrected chi connectivity index (χ3v) is 2.63. The highest BCUT2D eigenvalue weighted by molar-refractivity contribution is 5.69. The summed E-state index contributed by atoms with van der Waals surface area (Å²) in [5, 5.41) is 17.2. The Morgan fingerprint density at radius 3 is 2.75 bits per heavy atom. The van der Waals surface area contributed by atoms with Crippen LogP contribution in [0.1, 0.15) is 26.7 Å². The van der Waals surface area contributed by atoms with E-state index in [0.717, 1.165) is 12.8 Å². The second-order valence-corrected chi connectivity index (χ2v) is 4.46. The molecule has 0 amide bonds. The van der Waals surface area contributed by atoms with Gasteiger partial charge in [-0.3, -0.25) is 10.1 Å². The highest BCUT2D eigenvalue weighted by atomic mass is 16.6. The van der Waals surface area contributed by atoms with Gasteiger partial charge < -0.3 is 15.4 Å². The molecule has 0 aliphatic heterocycles. The fourth-order valence-electron chi connectivity index (χ4n) is 1.70. The number of methoxy groups -OCH3 is 1. The molecule has 8 nitrogen and oxygen atoms in total. The highest BCUT2D eigenvalue weighted by Crippen LogP contribution is 2.29. The molecule has 1 rings (SSSR count). The van der Waals surface area contributed by atoms with Crippen LogP contribution in [0.25, 0.3) is 0 Å². The van der Waals surface area contributed by atoms with Crippen molar-refractivity contribution in [1.82, 2.24) is 9.97 Å². The maximum atomic E-state index is 11.2. The zero-order chi connectivity index (χ0) is 15.0. The van der Waals surface area contributed by atoms with E-state index in [0.29, 0.717) is 13.2 Å². The number of rotatable bonds is 9. The van der Waals surface area contributed by atoms with Gasteiger partial charge in [0.1, 0.15) is 6.33 Å². The Hall–Kier alpha value is -1.96. The lowest BCUT2D eigenvalue weighted by Crippen LogP contribution is -2.22. The highest BCUT2D eigenvalue weighted by Gasteiger charge is 2.23. The van der Waals surface area contributed by atoms with Crippen LogP contribution in [0.2, 0.25) is 0 Å². The molecule has 0 saturated carbocycles. The maximum absolute atomic E-state index is 11.2. The summed E-state index contributed by atoms with van der Waals surface area (Å²) in [4.78, 5) is 18.7. The van der Waals surface area contributed by atoms with Gasteiger partial charge in [-0.05, 0) is 13.3 Å². The summed E-state index contributed by atoms with van der Waals surface area (Å²) >= 11 is 0. The SMILES string of the molecule is CCCCNc1ncnc(NC(C)COC)c1[N+](=O)[O-]. The second-order valence-electron chi connectivity index (χ2n) is 4.46. The van der Waals surface area contributed by atoms with Crippen LogP contribution in [-0.2, 0) is 4.74 Å². The molecule has 2 N–H and O–H groups in total. The molecule has 8 heteroatoms. The molecule has 112 valence electrons. The van der Waals surface area contributed by atoms with Gasteiger partial charge in [0.25, 0.3) is 0 Å². The average molecular weight is 283 g/mol. The first-order valence-corrected chi connectivity index (χ1v) is 6.58. The van der Waals surface area contributed by atoms with Crippen LogP contribution < -0.4 is 10.6 Å². The van der Waals surface area contributed by atoms with Gasteiger partial charge >= 0.3 is 5.69 Å². The van der Waals surface area contributed by atoms with E-state index >= 15 is 0 Å². The monoisotopic (exact) mass is 283 g/mol. The van der Waals surface area contributed by atoms with E-state index in [4.69, 9.17) is 4.74 Å². The van der Waals surface area contributed by atoms with Crippen molar-refractivity contribution in [1.29, 1.82) is 0 Å². The molecular weight excluding hydrogens is 262 g/mol. The summed E-state index contributed by atoms with van der Waals surface area (Å²) < 4.78 is 4.99. The van der Waals surface area contributed by atoms with Gasteiger partial charge in [0, 0.05) is 19.7 Å². The summed E-state index contributed by atoms with van der Waals surface area (Å²) in [5.41, 5.74) is -0.133.